The Balaban J connectivity index is 2.36. The first-order valence-corrected chi connectivity index (χ1v) is 5.51. The molecule has 1 aromatic carbocycles. The van der Waals surface area contributed by atoms with Gasteiger partial charge in [0.2, 0.25) is 0 Å². The van der Waals surface area contributed by atoms with Gasteiger partial charge in [0.1, 0.15) is 11.5 Å². The van der Waals surface area contributed by atoms with Crippen LogP contribution in [-0.2, 0) is 6.42 Å². The molecule has 3 nitrogen and oxygen atoms in total. The van der Waals surface area contributed by atoms with E-state index in [0.717, 1.165) is 5.56 Å². The van der Waals surface area contributed by atoms with Crippen LogP contribution >= 0.6 is 11.6 Å². The van der Waals surface area contributed by atoms with E-state index < -0.39 is 5.63 Å². The van der Waals surface area contributed by atoms with Gasteiger partial charge in [-0.3, -0.25) is 0 Å². The van der Waals surface area contributed by atoms with Crippen LogP contribution in [0.2, 0.25) is 5.02 Å². The SMILES string of the molecule is Cc1cc(O)c(Cc2ccc(Cl)cc2)c(=O)o1. The summed E-state index contributed by atoms with van der Waals surface area (Å²) in [7, 11) is 0. The Hall–Kier alpha value is -1.74. The molecule has 17 heavy (non-hydrogen) atoms. The van der Waals surface area contributed by atoms with E-state index >= 15 is 0 Å². The van der Waals surface area contributed by atoms with Crippen LogP contribution in [-0.4, -0.2) is 5.11 Å². The smallest absolute Gasteiger partial charge is 0.343 e. The van der Waals surface area contributed by atoms with Crippen LogP contribution in [0, 0.1) is 6.92 Å². The highest BCUT2D eigenvalue weighted by Crippen LogP contribution is 2.19. The van der Waals surface area contributed by atoms with Crippen molar-refractivity contribution in [3.05, 3.63) is 62.7 Å². The molecule has 0 aliphatic rings. The van der Waals surface area contributed by atoms with E-state index in [2.05, 4.69) is 0 Å². The first-order valence-electron chi connectivity index (χ1n) is 5.13. The van der Waals surface area contributed by atoms with Crippen molar-refractivity contribution in [3.8, 4) is 5.75 Å². The van der Waals surface area contributed by atoms with E-state index in [1.54, 1.807) is 31.2 Å². The summed E-state index contributed by atoms with van der Waals surface area (Å²) in [5.41, 5.74) is 0.649. The van der Waals surface area contributed by atoms with Crippen LogP contribution in [0.5, 0.6) is 5.75 Å². The van der Waals surface area contributed by atoms with Gasteiger partial charge in [-0.2, -0.15) is 0 Å². The second-order valence-corrected chi connectivity index (χ2v) is 4.25. The monoisotopic (exact) mass is 250 g/mol. The molecular formula is C13H11ClO3. The summed E-state index contributed by atoms with van der Waals surface area (Å²) in [6, 6.07) is 8.53. The van der Waals surface area contributed by atoms with Crippen molar-refractivity contribution in [2.75, 3.05) is 0 Å². The van der Waals surface area contributed by atoms with Crippen molar-refractivity contribution >= 4 is 11.6 Å². The van der Waals surface area contributed by atoms with E-state index in [-0.39, 0.29) is 11.3 Å². The number of halogens is 1. The van der Waals surface area contributed by atoms with E-state index in [4.69, 9.17) is 16.0 Å². The summed E-state index contributed by atoms with van der Waals surface area (Å²) in [4.78, 5) is 11.6. The fourth-order valence-electron chi connectivity index (χ4n) is 1.59. The van der Waals surface area contributed by atoms with Gasteiger partial charge in [0, 0.05) is 17.5 Å². The predicted molar refractivity (Wildman–Crippen MR) is 65.6 cm³/mol. The number of aromatic hydroxyl groups is 1. The number of hydrogen-bond donors (Lipinski definition) is 1. The zero-order valence-electron chi connectivity index (χ0n) is 9.24. The number of aryl methyl sites for hydroxylation is 1. The lowest BCUT2D eigenvalue weighted by atomic mass is 10.1. The Labute approximate surface area is 103 Å². The fourth-order valence-corrected chi connectivity index (χ4v) is 1.72. The van der Waals surface area contributed by atoms with Gasteiger partial charge < -0.3 is 9.52 Å². The Morgan fingerprint density at radius 1 is 1.29 bits per heavy atom. The topological polar surface area (TPSA) is 50.4 Å². The second-order valence-electron chi connectivity index (χ2n) is 3.81. The molecule has 0 amide bonds. The van der Waals surface area contributed by atoms with Crippen molar-refractivity contribution in [2.24, 2.45) is 0 Å². The van der Waals surface area contributed by atoms with Gasteiger partial charge in [-0.1, -0.05) is 23.7 Å². The first-order chi connectivity index (χ1) is 8.06. The van der Waals surface area contributed by atoms with E-state index in [0.29, 0.717) is 17.2 Å². The first kappa shape index (κ1) is 11.7. The summed E-state index contributed by atoms with van der Waals surface area (Å²) in [6.07, 6.45) is 0.325. The lowest BCUT2D eigenvalue weighted by Crippen LogP contribution is -2.08. The number of hydrogen-bond acceptors (Lipinski definition) is 3. The van der Waals surface area contributed by atoms with Crippen molar-refractivity contribution in [2.45, 2.75) is 13.3 Å². The zero-order chi connectivity index (χ0) is 12.4. The summed E-state index contributed by atoms with van der Waals surface area (Å²) < 4.78 is 4.94. The highest BCUT2D eigenvalue weighted by Gasteiger charge is 2.10. The molecule has 0 radical (unpaired) electrons. The molecule has 0 fully saturated rings. The quantitative estimate of drug-likeness (QED) is 0.892. The fraction of sp³-hybridized carbons (Fsp3) is 0.154. The minimum absolute atomic E-state index is 0.0336. The Morgan fingerprint density at radius 2 is 1.94 bits per heavy atom. The van der Waals surface area contributed by atoms with Gasteiger partial charge in [-0.05, 0) is 24.6 Å². The maximum atomic E-state index is 11.6. The Bertz CT molecular complexity index is 585. The highest BCUT2D eigenvalue weighted by atomic mass is 35.5. The van der Waals surface area contributed by atoms with Gasteiger partial charge >= 0.3 is 5.63 Å². The molecule has 0 aliphatic heterocycles. The lowest BCUT2D eigenvalue weighted by Gasteiger charge is -2.04. The van der Waals surface area contributed by atoms with Gasteiger partial charge in [0.15, 0.2) is 0 Å². The molecule has 0 unspecified atom stereocenters. The van der Waals surface area contributed by atoms with Crippen molar-refractivity contribution in [3.63, 3.8) is 0 Å². The molecule has 1 aromatic heterocycles. The largest absolute Gasteiger partial charge is 0.507 e. The predicted octanol–water partition coefficient (Wildman–Crippen LogP) is 2.90. The average molecular weight is 251 g/mol. The van der Waals surface area contributed by atoms with Gasteiger partial charge in [-0.25, -0.2) is 4.79 Å². The second kappa shape index (κ2) is 4.63. The maximum absolute atomic E-state index is 11.6. The molecule has 2 aromatic rings. The lowest BCUT2D eigenvalue weighted by molar-refractivity contribution is 0.424. The van der Waals surface area contributed by atoms with Gasteiger partial charge in [0.05, 0.1) is 5.56 Å². The Kier molecular flexibility index (Phi) is 3.20. The molecule has 0 saturated carbocycles. The van der Waals surface area contributed by atoms with Crippen LogP contribution in [0.1, 0.15) is 16.9 Å². The molecule has 0 bridgehead atoms. The summed E-state index contributed by atoms with van der Waals surface area (Å²) in [6.45, 7) is 1.62. The molecule has 1 heterocycles. The zero-order valence-corrected chi connectivity index (χ0v) is 9.99. The third-order valence-electron chi connectivity index (χ3n) is 2.44. The maximum Gasteiger partial charge on any atom is 0.343 e. The minimum Gasteiger partial charge on any atom is -0.507 e. The van der Waals surface area contributed by atoms with Gasteiger partial charge in [0.25, 0.3) is 0 Å². The molecule has 4 heteroatoms. The summed E-state index contributed by atoms with van der Waals surface area (Å²) in [5.74, 6) is 0.362. The van der Waals surface area contributed by atoms with Crippen LogP contribution in [0.4, 0.5) is 0 Å². The molecule has 0 aliphatic carbocycles. The highest BCUT2D eigenvalue weighted by molar-refractivity contribution is 6.30. The van der Waals surface area contributed by atoms with Crippen LogP contribution in [0.25, 0.3) is 0 Å². The molecule has 0 saturated heterocycles. The Morgan fingerprint density at radius 3 is 2.53 bits per heavy atom. The molecule has 1 N–H and O–H groups in total. The average Bonchev–Trinajstić information content (AvgIpc) is 2.26. The van der Waals surface area contributed by atoms with Crippen molar-refractivity contribution in [1.29, 1.82) is 0 Å². The van der Waals surface area contributed by atoms with E-state index in [1.807, 2.05) is 0 Å². The standard InChI is InChI=1S/C13H11ClO3/c1-8-6-12(15)11(13(16)17-8)7-9-2-4-10(14)5-3-9/h2-6,15H,7H2,1H3. The molecule has 2 rings (SSSR count). The summed E-state index contributed by atoms with van der Waals surface area (Å²) >= 11 is 5.77. The number of benzene rings is 1. The van der Waals surface area contributed by atoms with Gasteiger partial charge in [-0.15, -0.1) is 0 Å². The van der Waals surface area contributed by atoms with Crippen LogP contribution in [0.15, 0.2) is 39.5 Å². The van der Waals surface area contributed by atoms with Crippen molar-refractivity contribution < 1.29 is 9.52 Å². The molecule has 88 valence electrons. The van der Waals surface area contributed by atoms with E-state index in [1.165, 1.54) is 6.07 Å². The normalized spacial score (nSPS) is 10.5. The van der Waals surface area contributed by atoms with Crippen LogP contribution < -0.4 is 5.63 Å². The molecule has 0 atom stereocenters. The minimum atomic E-state index is -0.502. The van der Waals surface area contributed by atoms with E-state index in [9.17, 15) is 9.90 Å². The molecular weight excluding hydrogens is 240 g/mol. The number of rotatable bonds is 2. The van der Waals surface area contributed by atoms with Crippen molar-refractivity contribution in [1.82, 2.24) is 0 Å². The summed E-state index contributed by atoms with van der Waals surface area (Å²) in [5, 5.41) is 10.3. The third kappa shape index (κ3) is 2.68. The molecule has 0 spiro atoms. The third-order valence-corrected chi connectivity index (χ3v) is 2.70. The van der Waals surface area contributed by atoms with Crippen LogP contribution in [0.3, 0.4) is 0 Å².